The molecule has 0 bridgehead atoms. The molecule has 4 heteroatoms. The van der Waals surface area contributed by atoms with E-state index in [2.05, 4.69) is 29.9 Å². The second-order valence-corrected chi connectivity index (χ2v) is 5.79. The topological polar surface area (TPSA) is 65.4 Å². The third kappa shape index (κ3) is 2.50. The van der Waals surface area contributed by atoms with Crippen LogP contribution in [-0.2, 0) is 6.42 Å². The molecule has 1 aliphatic rings. The number of hydrogen-bond acceptors (Lipinski definition) is 3. The molecule has 3 rings (SSSR count). The number of nitrogens with one attached hydrogen (secondary N) is 2. The normalized spacial score (nSPS) is 13.4. The largest absolute Gasteiger partial charge is 0.340 e. The SMILES string of the molecule is CCCC(CCC)c1nc2c([nH]1)-c1ncccc1CC2=N. The fourth-order valence-corrected chi connectivity index (χ4v) is 3.17. The van der Waals surface area contributed by atoms with Gasteiger partial charge in [-0.1, -0.05) is 32.8 Å². The van der Waals surface area contributed by atoms with Crippen molar-refractivity contribution in [3.05, 3.63) is 35.4 Å². The minimum absolute atomic E-state index is 0.463. The van der Waals surface area contributed by atoms with Crippen molar-refractivity contribution in [1.82, 2.24) is 15.0 Å². The highest BCUT2D eigenvalue weighted by Gasteiger charge is 2.26. The van der Waals surface area contributed by atoms with Crippen molar-refractivity contribution >= 4 is 5.71 Å². The highest BCUT2D eigenvalue weighted by atomic mass is 15.0. The van der Waals surface area contributed by atoms with Gasteiger partial charge >= 0.3 is 0 Å². The van der Waals surface area contributed by atoms with Crippen LogP contribution < -0.4 is 0 Å². The Morgan fingerprint density at radius 2 is 2.00 bits per heavy atom. The Balaban J connectivity index is 2.04. The van der Waals surface area contributed by atoms with E-state index in [0.717, 1.165) is 54.2 Å². The van der Waals surface area contributed by atoms with Crippen molar-refractivity contribution in [3.63, 3.8) is 0 Å². The quantitative estimate of drug-likeness (QED) is 0.867. The predicted octanol–water partition coefficient (Wildman–Crippen LogP) is 4.08. The molecule has 0 spiro atoms. The first-order valence-electron chi connectivity index (χ1n) is 7.86. The highest BCUT2D eigenvalue weighted by molar-refractivity contribution is 6.06. The van der Waals surface area contributed by atoms with Crippen molar-refractivity contribution in [3.8, 4) is 11.4 Å². The van der Waals surface area contributed by atoms with Gasteiger partial charge in [0.1, 0.15) is 11.5 Å². The molecular formula is C17H22N4. The van der Waals surface area contributed by atoms with Gasteiger partial charge in [0.05, 0.1) is 17.1 Å². The van der Waals surface area contributed by atoms with Crippen LogP contribution in [0.5, 0.6) is 0 Å². The lowest BCUT2D eigenvalue weighted by atomic mass is 9.95. The number of aromatic amines is 1. The standard InChI is InChI=1S/C17H22N4/c1-3-6-11(7-4-2)17-20-15-13(18)10-12-8-5-9-19-14(12)16(15)21-17/h5,8-9,11,18H,3-4,6-7,10H2,1-2H3,(H,20,21). The minimum atomic E-state index is 0.463. The number of rotatable bonds is 5. The molecule has 110 valence electrons. The molecule has 0 atom stereocenters. The van der Waals surface area contributed by atoms with Crippen LogP contribution in [0.2, 0.25) is 0 Å². The molecule has 0 amide bonds. The molecular weight excluding hydrogens is 260 g/mol. The first kappa shape index (κ1) is 14.0. The van der Waals surface area contributed by atoms with Crippen molar-refractivity contribution < 1.29 is 0 Å². The van der Waals surface area contributed by atoms with E-state index in [4.69, 9.17) is 10.4 Å². The molecule has 0 saturated carbocycles. The fraction of sp³-hybridized carbons (Fsp3) is 0.471. The van der Waals surface area contributed by atoms with Crippen LogP contribution in [0.1, 0.15) is 62.5 Å². The van der Waals surface area contributed by atoms with Crippen molar-refractivity contribution in [1.29, 1.82) is 5.41 Å². The molecule has 4 nitrogen and oxygen atoms in total. The maximum Gasteiger partial charge on any atom is 0.112 e. The zero-order chi connectivity index (χ0) is 14.8. The van der Waals surface area contributed by atoms with Gasteiger partial charge in [-0.15, -0.1) is 0 Å². The average molecular weight is 282 g/mol. The van der Waals surface area contributed by atoms with Gasteiger partial charge in [-0.05, 0) is 24.5 Å². The molecule has 0 radical (unpaired) electrons. The summed E-state index contributed by atoms with van der Waals surface area (Å²) >= 11 is 0. The van der Waals surface area contributed by atoms with E-state index in [9.17, 15) is 0 Å². The Bertz CT molecular complexity index is 651. The second kappa shape index (κ2) is 5.80. The summed E-state index contributed by atoms with van der Waals surface area (Å²) in [5, 5.41) is 8.25. The molecule has 2 aromatic heterocycles. The zero-order valence-electron chi connectivity index (χ0n) is 12.7. The molecule has 0 aromatic carbocycles. The molecule has 0 fully saturated rings. The van der Waals surface area contributed by atoms with E-state index in [0.29, 0.717) is 18.1 Å². The third-order valence-corrected chi connectivity index (χ3v) is 4.16. The van der Waals surface area contributed by atoms with Crippen LogP contribution in [0.3, 0.4) is 0 Å². The van der Waals surface area contributed by atoms with Crippen LogP contribution in [0.4, 0.5) is 0 Å². The minimum Gasteiger partial charge on any atom is -0.340 e. The number of aromatic nitrogens is 3. The van der Waals surface area contributed by atoms with E-state index in [1.807, 2.05) is 12.3 Å². The lowest BCUT2D eigenvalue weighted by Gasteiger charge is -2.14. The van der Waals surface area contributed by atoms with Gasteiger partial charge in [-0.3, -0.25) is 4.98 Å². The Morgan fingerprint density at radius 3 is 2.71 bits per heavy atom. The number of hydrogen-bond donors (Lipinski definition) is 2. The van der Waals surface area contributed by atoms with E-state index in [1.54, 1.807) is 0 Å². The number of pyridine rings is 1. The smallest absolute Gasteiger partial charge is 0.112 e. The number of H-pyrrole nitrogens is 1. The molecule has 2 N–H and O–H groups in total. The second-order valence-electron chi connectivity index (χ2n) is 5.79. The van der Waals surface area contributed by atoms with Gasteiger partial charge in [0.2, 0.25) is 0 Å². The Labute approximate surface area is 125 Å². The average Bonchev–Trinajstić information content (AvgIpc) is 2.93. The first-order valence-corrected chi connectivity index (χ1v) is 7.86. The predicted molar refractivity (Wildman–Crippen MR) is 84.9 cm³/mol. The lowest BCUT2D eigenvalue weighted by Crippen LogP contribution is -2.13. The van der Waals surface area contributed by atoms with Crippen LogP contribution in [0.15, 0.2) is 18.3 Å². The summed E-state index contributed by atoms with van der Waals surface area (Å²) in [5.74, 6) is 1.50. The maximum atomic E-state index is 8.25. The summed E-state index contributed by atoms with van der Waals surface area (Å²) in [5.41, 5.74) is 4.42. The first-order chi connectivity index (χ1) is 10.2. The summed E-state index contributed by atoms with van der Waals surface area (Å²) in [7, 11) is 0. The molecule has 1 aliphatic carbocycles. The summed E-state index contributed by atoms with van der Waals surface area (Å²) in [6.45, 7) is 4.43. The van der Waals surface area contributed by atoms with Crippen LogP contribution in [0.25, 0.3) is 11.4 Å². The van der Waals surface area contributed by atoms with Gasteiger partial charge in [-0.25, -0.2) is 4.98 Å². The lowest BCUT2D eigenvalue weighted by molar-refractivity contribution is 0.538. The summed E-state index contributed by atoms with van der Waals surface area (Å²) in [6.07, 6.45) is 7.04. The van der Waals surface area contributed by atoms with E-state index in [1.165, 1.54) is 0 Å². The van der Waals surface area contributed by atoms with Crippen LogP contribution in [0, 0.1) is 5.41 Å². The molecule has 2 heterocycles. The molecule has 0 saturated heterocycles. The van der Waals surface area contributed by atoms with Gasteiger partial charge in [0.15, 0.2) is 0 Å². The summed E-state index contributed by atoms with van der Waals surface area (Å²) in [6, 6.07) is 3.99. The molecule has 21 heavy (non-hydrogen) atoms. The van der Waals surface area contributed by atoms with E-state index >= 15 is 0 Å². The van der Waals surface area contributed by atoms with Gasteiger partial charge < -0.3 is 10.4 Å². The van der Waals surface area contributed by atoms with Gasteiger partial charge in [0, 0.05) is 18.5 Å². The fourth-order valence-electron chi connectivity index (χ4n) is 3.17. The Hall–Kier alpha value is -1.97. The summed E-state index contributed by atoms with van der Waals surface area (Å²) in [4.78, 5) is 12.7. The van der Waals surface area contributed by atoms with E-state index in [-0.39, 0.29) is 0 Å². The van der Waals surface area contributed by atoms with Crippen LogP contribution >= 0.6 is 0 Å². The van der Waals surface area contributed by atoms with Crippen molar-refractivity contribution in [2.24, 2.45) is 0 Å². The Morgan fingerprint density at radius 1 is 1.24 bits per heavy atom. The summed E-state index contributed by atoms with van der Waals surface area (Å²) < 4.78 is 0. The molecule has 0 aliphatic heterocycles. The third-order valence-electron chi connectivity index (χ3n) is 4.16. The number of nitrogens with zero attached hydrogens (tertiary/aromatic N) is 2. The van der Waals surface area contributed by atoms with Gasteiger partial charge in [-0.2, -0.15) is 0 Å². The van der Waals surface area contributed by atoms with Crippen LogP contribution in [-0.4, -0.2) is 20.7 Å². The van der Waals surface area contributed by atoms with E-state index < -0.39 is 0 Å². The van der Waals surface area contributed by atoms with Gasteiger partial charge in [0.25, 0.3) is 0 Å². The maximum absolute atomic E-state index is 8.25. The number of fused-ring (bicyclic) bond motifs is 3. The van der Waals surface area contributed by atoms with Crippen molar-refractivity contribution in [2.45, 2.75) is 51.9 Å². The monoisotopic (exact) mass is 282 g/mol. The molecule has 2 aromatic rings. The van der Waals surface area contributed by atoms with Crippen molar-refractivity contribution in [2.75, 3.05) is 0 Å². The molecule has 0 unspecified atom stereocenters. The highest BCUT2D eigenvalue weighted by Crippen LogP contribution is 2.33. The Kier molecular flexibility index (Phi) is 3.86. The number of imidazole rings is 1. The zero-order valence-corrected chi connectivity index (χ0v) is 12.7.